The normalized spacial score (nSPS) is 14.9. The molecule has 1 amide bonds. The highest BCUT2D eigenvalue weighted by Gasteiger charge is 2.30. The lowest BCUT2D eigenvalue weighted by Crippen LogP contribution is -2.31. The monoisotopic (exact) mass is 392 g/mol. The Bertz CT molecular complexity index is 934. The third kappa shape index (κ3) is 4.58. The third-order valence-corrected chi connectivity index (χ3v) is 5.05. The van der Waals surface area contributed by atoms with E-state index in [9.17, 15) is 9.59 Å². The third-order valence-electron chi connectivity index (χ3n) is 4.07. The molecule has 0 radical (unpaired) electrons. The summed E-state index contributed by atoms with van der Waals surface area (Å²) in [5.41, 5.74) is 1.82. The van der Waals surface area contributed by atoms with Gasteiger partial charge in [0.2, 0.25) is 0 Å². The number of methoxy groups -OCH3 is 1. The lowest BCUT2D eigenvalue weighted by molar-refractivity contribution is -0.122. The van der Waals surface area contributed by atoms with Crippen LogP contribution in [0.2, 0.25) is 0 Å². The molecule has 28 heavy (non-hydrogen) atoms. The Hall–Kier alpha value is -3.12. The minimum atomic E-state index is -0.203. The van der Waals surface area contributed by atoms with Crippen molar-refractivity contribution in [3.8, 4) is 5.75 Å². The molecule has 2 aromatic carbocycles. The lowest BCUT2D eigenvalue weighted by Gasteiger charge is -2.15. The van der Waals surface area contributed by atoms with Gasteiger partial charge in [-0.15, -0.1) is 6.58 Å². The van der Waals surface area contributed by atoms with E-state index in [0.717, 1.165) is 11.3 Å². The number of benzene rings is 2. The topological polar surface area (TPSA) is 59.0 Å². The summed E-state index contributed by atoms with van der Waals surface area (Å²) >= 11 is 1.26. The van der Waals surface area contributed by atoms with Gasteiger partial charge in [-0.05, 0) is 23.8 Å². The highest BCUT2D eigenvalue weighted by Crippen LogP contribution is 2.25. The summed E-state index contributed by atoms with van der Waals surface area (Å²) in [6.07, 6.45) is 3.37. The van der Waals surface area contributed by atoms with E-state index < -0.39 is 0 Å². The fourth-order valence-corrected chi connectivity index (χ4v) is 3.53. The van der Waals surface area contributed by atoms with Crippen molar-refractivity contribution in [3.63, 3.8) is 0 Å². The molecule has 1 aliphatic rings. The Kier molecular flexibility index (Phi) is 6.45. The number of aliphatic imine (C=N–C) groups is 1. The van der Waals surface area contributed by atoms with Gasteiger partial charge in [0.25, 0.3) is 5.91 Å². The Labute approximate surface area is 168 Å². The first kappa shape index (κ1) is 19.6. The van der Waals surface area contributed by atoms with Crippen molar-refractivity contribution in [1.82, 2.24) is 4.90 Å². The fourth-order valence-electron chi connectivity index (χ4n) is 2.63. The molecule has 0 aliphatic carbocycles. The number of carbonyl (C=O) groups excluding carboxylic acids is 2. The summed E-state index contributed by atoms with van der Waals surface area (Å²) in [4.78, 5) is 31.1. The van der Waals surface area contributed by atoms with Gasteiger partial charge in [-0.25, -0.2) is 4.99 Å². The van der Waals surface area contributed by atoms with Gasteiger partial charge in [0, 0.05) is 12.1 Å². The molecule has 0 spiro atoms. The van der Waals surface area contributed by atoms with Gasteiger partial charge in [0.1, 0.15) is 11.4 Å². The van der Waals surface area contributed by atoms with Gasteiger partial charge >= 0.3 is 0 Å². The Morgan fingerprint density at radius 1 is 1.18 bits per heavy atom. The molecule has 0 fully saturated rings. The maximum Gasteiger partial charge on any atom is 0.278 e. The summed E-state index contributed by atoms with van der Waals surface area (Å²) in [7, 11) is 1.60. The minimum Gasteiger partial charge on any atom is -0.497 e. The van der Waals surface area contributed by atoms with E-state index in [-0.39, 0.29) is 17.4 Å². The number of carbonyl (C=O) groups is 2. The second-order valence-electron chi connectivity index (χ2n) is 5.98. The number of amides is 1. The van der Waals surface area contributed by atoms with Crippen molar-refractivity contribution in [3.05, 3.63) is 84.1 Å². The van der Waals surface area contributed by atoms with Gasteiger partial charge in [-0.2, -0.15) is 0 Å². The number of hydrogen-bond acceptors (Lipinski definition) is 5. The predicted molar refractivity (Wildman–Crippen MR) is 114 cm³/mol. The highest BCUT2D eigenvalue weighted by molar-refractivity contribution is 8.14. The van der Waals surface area contributed by atoms with E-state index in [2.05, 4.69) is 11.6 Å². The van der Waals surface area contributed by atoms with Gasteiger partial charge in [0.15, 0.2) is 11.0 Å². The van der Waals surface area contributed by atoms with E-state index in [1.807, 2.05) is 42.5 Å². The Balaban J connectivity index is 1.77. The molecular formula is C22H20N2O3S. The summed E-state index contributed by atoms with van der Waals surface area (Å²) in [5.74, 6) is 0.740. The molecule has 0 saturated heterocycles. The molecule has 1 aliphatic heterocycles. The number of rotatable bonds is 7. The lowest BCUT2D eigenvalue weighted by atomic mass is 10.2. The summed E-state index contributed by atoms with van der Waals surface area (Å²) in [6, 6.07) is 16.4. The molecule has 0 atom stereocenters. The number of Topliss-reactive ketones (excluding diaryl/α,β-unsaturated/α-hetero) is 1. The maximum atomic E-state index is 12.7. The van der Waals surface area contributed by atoms with E-state index in [1.165, 1.54) is 16.7 Å². The van der Waals surface area contributed by atoms with Crippen molar-refractivity contribution in [2.75, 3.05) is 19.4 Å². The number of amidine groups is 1. The second-order valence-corrected chi connectivity index (χ2v) is 6.92. The van der Waals surface area contributed by atoms with Crippen LogP contribution in [-0.4, -0.2) is 41.2 Å². The smallest absolute Gasteiger partial charge is 0.278 e. The maximum absolute atomic E-state index is 12.7. The SMILES string of the molecule is C=CCN1C(=O)/C(=C\c2ccc(OC)cc2)N=C1SCC(=O)c1ccccc1. The van der Waals surface area contributed by atoms with E-state index in [4.69, 9.17) is 4.74 Å². The van der Waals surface area contributed by atoms with Crippen LogP contribution in [0.1, 0.15) is 15.9 Å². The zero-order valence-corrected chi connectivity index (χ0v) is 16.3. The Morgan fingerprint density at radius 2 is 1.89 bits per heavy atom. The standard InChI is InChI=1S/C22H20N2O3S/c1-3-13-24-21(26)19(14-16-9-11-18(27-2)12-10-16)23-22(24)28-15-20(25)17-7-5-4-6-8-17/h3-12,14H,1,13,15H2,2H3/b19-14+. The average Bonchev–Trinajstić information content (AvgIpc) is 3.02. The molecule has 0 bridgehead atoms. The summed E-state index contributed by atoms with van der Waals surface area (Å²) in [5, 5.41) is 0.508. The van der Waals surface area contributed by atoms with Crippen LogP contribution < -0.4 is 4.74 Å². The van der Waals surface area contributed by atoms with Gasteiger partial charge in [-0.1, -0.05) is 60.3 Å². The van der Waals surface area contributed by atoms with Crippen LogP contribution in [0.4, 0.5) is 0 Å². The molecule has 0 unspecified atom stereocenters. The molecule has 0 N–H and O–H groups in total. The molecule has 0 saturated carbocycles. The molecule has 3 rings (SSSR count). The average molecular weight is 392 g/mol. The van der Waals surface area contributed by atoms with E-state index in [1.54, 1.807) is 31.4 Å². The number of thioether (sulfide) groups is 1. The number of ether oxygens (including phenoxy) is 1. The van der Waals surface area contributed by atoms with Crippen molar-refractivity contribution in [1.29, 1.82) is 0 Å². The molecule has 2 aromatic rings. The van der Waals surface area contributed by atoms with Gasteiger partial charge in [-0.3, -0.25) is 14.5 Å². The van der Waals surface area contributed by atoms with Crippen LogP contribution in [0, 0.1) is 0 Å². The fraction of sp³-hybridized carbons (Fsp3) is 0.136. The first-order chi connectivity index (χ1) is 13.6. The first-order valence-corrected chi connectivity index (χ1v) is 9.69. The van der Waals surface area contributed by atoms with Gasteiger partial charge < -0.3 is 4.74 Å². The molecule has 0 aromatic heterocycles. The number of ketones is 1. The zero-order chi connectivity index (χ0) is 19.9. The van der Waals surface area contributed by atoms with Crippen LogP contribution >= 0.6 is 11.8 Å². The van der Waals surface area contributed by atoms with Crippen LogP contribution in [0.15, 0.2) is 77.9 Å². The van der Waals surface area contributed by atoms with Crippen molar-refractivity contribution >= 4 is 34.7 Å². The van der Waals surface area contributed by atoms with Crippen molar-refractivity contribution < 1.29 is 14.3 Å². The van der Waals surface area contributed by atoms with Gasteiger partial charge in [0.05, 0.1) is 12.9 Å². The molecule has 6 heteroatoms. The van der Waals surface area contributed by atoms with Crippen molar-refractivity contribution in [2.45, 2.75) is 0 Å². The number of hydrogen-bond donors (Lipinski definition) is 0. The van der Waals surface area contributed by atoms with E-state index in [0.29, 0.717) is 23.0 Å². The van der Waals surface area contributed by atoms with Crippen LogP contribution in [0.25, 0.3) is 6.08 Å². The van der Waals surface area contributed by atoms with Crippen LogP contribution in [-0.2, 0) is 4.79 Å². The highest BCUT2D eigenvalue weighted by atomic mass is 32.2. The van der Waals surface area contributed by atoms with E-state index >= 15 is 0 Å². The molecule has 1 heterocycles. The van der Waals surface area contributed by atoms with Crippen LogP contribution in [0.5, 0.6) is 5.75 Å². The second kappa shape index (κ2) is 9.19. The van der Waals surface area contributed by atoms with Crippen molar-refractivity contribution in [2.24, 2.45) is 4.99 Å². The molecule has 142 valence electrons. The summed E-state index contributed by atoms with van der Waals surface area (Å²) < 4.78 is 5.15. The number of nitrogens with zero attached hydrogens (tertiary/aromatic N) is 2. The first-order valence-electron chi connectivity index (χ1n) is 8.70. The zero-order valence-electron chi connectivity index (χ0n) is 15.5. The molecule has 5 nitrogen and oxygen atoms in total. The Morgan fingerprint density at radius 3 is 2.54 bits per heavy atom. The largest absolute Gasteiger partial charge is 0.497 e. The summed E-state index contributed by atoms with van der Waals surface area (Å²) in [6.45, 7) is 4.04. The van der Waals surface area contributed by atoms with Crippen LogP contribution in [0.3, 0.4) is 0 Å². The quantitative estimate of drug-likeness (QED) is 0.405. The minimum absolute atomic E-state index is 0.00751. The predicted octanol–water partition coefficient (Wildman–Crippen LogP) is 4.04. The molecular weight excluding hydrogens is 372 g/mol.